The molecule has 0 bridgehead atoms. The summed E-state index contributed by atoms with van der Waals surface area (Å²) in [5, 5.41) is 0. The summed E-state index contributed by atoms with van der Waals surface area (Å²) >= 11 is 0. The first-order valence-electron chi connectivity index (χ1n) is 4.30. The minimum atomic E-state index is -1.01. The molecular formula is C10H9F2NO. The molecule has 0 spiro atoms. The molecule has 2 N–H and O–H groups in total. The van der Waals surface area contributed by atoms with Crippen LogP contribution < -0.4 is 5.73 Å². The van der Waals surface area contributed by atoms with Gasteiger partial charge in [-0.1, -0.05) is 0 Å². The summed E-state index contributed by atoms with van der Waals surface area (Å²) in [5.41, 5.74) is 5.75. The third kappa shape index (κ3) is 1.32. The highest BCUT2D eigenvalue weighted by molar-refractivity contribution is 5.78. The molecule has 74 valence electrons. The van der Waals surface area contributed by atoms with E-state index in [1.807, 2.05) is 0 Å². The van der Waals surface area contributed by atoms with Crippen LogP contribution in [0.4, 0.5) is 8.78 Å². The van der Waals surface area contributed by atoms with Gasteiger partial charge in [0.2, 0.25) is 0 Å². The van der Waals surface area contributed by atoms with Crippen LogP contribution in [-0.4, -0.2) is 6.29 Å². The molecule has 1 aliphatic carbocycles. The van der Waals surface area contributed by atoms with Crippen molar-refractivity contribution < 1.29 is 13.6 Å². The average molecular weight is 197 g/mol. The summed E-state index contributed by atoms with van der Waals surface area (Å²) in [6.07, 6.45) is 1.92. The van der Waals surface area contributed by atoms with Crippen LogP contribution in [0.3, 0.4) is 0 Å². The van der Waals surface area contributed by atoms with E-state index in [1.165, 1.54) is 0 Å². The van der Waals surface area contributed by atoms with Gasteiger partial charge in [-0.2, -0.15) is 0 Å². The van der Waals surface area contributed by atoms with Gasteiger partial charge in [-0.3, -0.25) is 4.79 Å². The minimum absolute atomic E-state index is 0.143. The number of nitrogens with two attached hydrogens (primary N) is 1. The molecule has 1 aromatic rings. The number of benzene rings is 1. The Kier molecular flexibility index (Phi) is 1.89. The van der Waals surface area contributed by atoms with Crippen LogP contribution in [0, 0.1) is 11.6 Å². The van der Waals surface area contributed by atoms with Gasteiger partial charge >= 0.3 is 0 Å². The molecule has 0 aromatic heterocycles. The van der Waals surface area contributed by atoms with Gasteiger partial charge in [0.1, 0.15) is 0 Å². The van der Waals surface area contributed by atoms with Crippen LogP contribution in [0.15, 0.2) is 12.1 Å². The lowest BCUT2D eigenvalue weighted by Crippen LogP contribution is -2.21. The number of hydrogen-bond acceptors (Lipinski definition) is 2. The van der Waals surface area contributed by atoms with Crippen molar-refractivity contribution in [1.29, 1.82) is 0 Å². The van der Waals surface area contributed by atoms with Crippen molar-refractivity contribution in [2.75, 3.05) is 0 Å². The van der Waals surface area contributed by atoms with Gasteiger partial charge < -0.3 is 5.73 Å². The highest BCUT2D eigenvalue weighted by Crippen LogP contribution is 2.44. The quantitative estimate of drug-likeness (QED) is 0.733. The first-order valence-corrected chi connectivity index (χ1v) is 4.30. The Hall–Kier alpha value is -1.29. The van der Waals surface area contributed by atoms with Gasteiger partial charge in [0, 0.05) is 11.1 Å². The molecule has 0 amide bonds. The van der Waals surface area contributed by atoms with Crippen molar-refractivity contribution >= 4 is 6.29 Å². The highest BCUT2D eigenvalue weighted by Gasteiger charge is 2.42. The molecule has 2 nitrogen and oxygen atoms in total. The second-order valence-corrected chi connectivity index (χ2v) is 3.63. The number of rotatable bonds is 2. The maximum Gasteiger partial charge on any atom is 0.159 e. The lowest BCUT2D eigenvalue weighted by molar-refractivity contribution is 0.112. The zero-order valence-electron chi connectivity index (χ0n) is 7.39. The molecule has 4 heteroatoms. The summed E-state index contributed by atoms with van der Waals surface area (Å²) in [6, 6.07) is 1.91. The molecule has 1 aromatic carbocycles. The lowest BCUT2D eigenvalue weighted by Gasteiger charge is -2.11. The second-order valence-electron chi connectivity index (χ2n) is 3.63. The van der Waals surface area contributed by atoms with E-state index in [0.717, 1.165) is 12.1 Å². The van der Waals surface area contributed by atoms with Crippen LogP contribution in [-0.2, 0) is 5.54 Å². The molecular weight excluding hydrogens is 188 g/mol. The fourth-order valence-corrected chi connectivity index (χ4v) is 1.49. The Bertz CT molecular complexity index is 399. The summed E-state index contributed by atoms with van der Waals surface area (Å²) in [6.45, 7) is 0. The molecule has 0 saturated heterocycles. The molecule has 0 radical (unpaired) electrons. The largest absolute Gasteiger partial charge is 0.321 e. The SMILES string of the molecule is NC1(c2cc(F)c(F)cc2C=O)CC1. The zero-order chi connectivity index (χ0) is 10.3. The Balaban J connectivity index is 2.58. The van der Waals surface area contributed by atoms with Gasteiger partial charge in [0.05, 0.1) is 0 Å². The minimum Gasteiger partial charge on any atom is -0.321 e. The van der Waals surface area contributed by atoms with Crippen molar-refractivity contribution in [2.45, 2.75) is 18.4 Å². The van der Waals surface area contributed by atoms with Gasteiger partial charge in [-0.05, 0) is 30.5 Å². The first kappa shape index (κ1) is 9.27. The Labute approximate surface area is 79.7 Å². The third-order valence-corrected chi connectivity index (χ3v) is 2.54. The summed E-state index contributed by atoms with van der Waals surface area (Å²) < 4.78 is 25.7. The van der Waals surface area contributed by atoms with Crippen LogP contribution in [0.25, 0.3) is 0 Å². The summed E-state index contributed by atoms with van der Waals surface area (Å²) in [7, 11) is 0. The van der Waals surface area contributed by atoms with Gasteiger partial charge in [-0.25, -0.2) is 8.78 Å². The summed E-state index contributed by atoms with van der Waals surface area (Å²) in [4.78, 5) is 10.6. The van der Waals surface area contributed by atoms with E-state index in [1.54, 1.807) is 0 Å². The first-order chi connectivity index (χ1) is 6.57. The van der Waals surface area contributed by atoms with Crippen molar-refractivity contribution in [3.63, 3.8) is 0 Å². The van der Waals surface area contributed by atoms with E-state index in [0.29, 0.717) is 24.7 Å². The fraction of sp³-hybridized carbons (Fsp3) is 0.300. The van der Waals surface area contributed by atoms with E-state index in [9.17, 15) is 13.6 Å². The number of halogens is 2. The van der Waals surface area contributed by atoms with Gasteiger partial charge in [0.25, 0.3) is 0 Å². The van der Waals surface area contributed by atoms with E-state index in [4.69, 9.17) is 5.73 Å². The van der Waals surface area contributed by atoms with Crippen LogP contribution in [0.5, 0.6) is 0 Å². The smallest absolute Gasteiger partial charge is 0.159 e. The monoisotopic (exact) mass is 197 g/mol. The highest BCUT2D eigenvalue weighted by atomic mass is 19.2. The fourth-order valence-electron chi connectivity index (χ4n) is 1.49. The van der Waals surface area contributed by atoms with Crippen LogP contribution in [0.1, 0.15) is 28.8 Å². The molecule has 1 saturated carbocycles. The maximum atomic E-state index is 12.9. The number of carbonyl (C=O) groups excluding carboxylic acids is 1. The Morgan fingerprint density at radius 2 is 1.86 bits per heavy atom. The lowest BCUT2D eigenvalue weighted by atomic mass is 9.99. The van der Waals surface area contributed by atoms with E-state index in [-0.39, 0.29) is 5.56 Å². The van der Waals surface area contributed by atoms with Crippen molar-refractivity contribution in [1.82, 2.24) is 0 Å². The normalized spacial score (nSPS) is 17.9. The van der Waals surface area contributed by atoms with Crippen molar-refractivity contribution in [3.8, 4) is 0 Å². The topological polar surface area (TPSA) is 43.1 Å². The van der Waals surface area contributed by atoms with E-state index in [2.05, 4.69) is 0 Å². The Morgan fingerprint density at radius 3 is 2.36 bits per heavy atom. The number of hydrogen-bond donors (Lipinski definition) is 1. The molecule has 1 fully saturated rings. The molecule has 14 heavy (non-hydrogen) atoms. The predicted octanol–water partition coefficient (Wildman–Crippen LogP) is 1.73. The number of carbonyl (C=O) groups is 1. The van der Waals surface area contributed by atoms with E-state index < -0.39 is 17.2 Å². The molecule has 2 rings (SSSR count). The molecule has 0 aliphatic heterocycles. The molecule has 0 unspecified atom stereocenters. The Morgan fingerprint density at radius 1 is 1.29 bits per heavy atom. The second kappa shape index (κ2) is 2.85. The maximum absolute atomic E-state index is 12.9. The van der Waals surface area contributed by atoms with E-state index >= 15 is 0 Å². The van der Waals surface area contributed by atoms with Crippen molar-refractivity contribution in [3.05, 3.63) is 34.9 Å². The zero-order valence-corrected chi connectivity index (χ0v) is 7.39. The van der Waals surface area contributed by atoms with Gasteiger partial charge in [0.15, 0.2) is 17.9 Å². The van der Waals surface area contributed by atoms with Crippen molar-refractivity contribution in [2.24, 2.45) is 5.73 Å². The molecule has 0 atom stereocenters. The summed E-state index contributed by atoms with van der Waals surface area (Å²) in [5.74, 6) is -1.97. The molecule has 1 aliphatic rings. The van der Waals surface area contributed by atoms with Gasteiger partial charge in [-0.15, -0.1) is 0 Å². The number of aldehydes is 1. The third-order valence-electron chi connectivity index (χ3n) is 2.54. The molecule has 0 heterocycles. The average Bonchev–Trinajstić information content (AvgIpc) is 2.89. The van der Waals surface area contributed by atoms with Crippen LogP contribution >= 0.6 is 0 Å². The standard InChI is InChI=1S/C10H9F2NO/c11-8-3-6(5-14)7(4-9(8)12)10(13)1-2-10/h3-5H,1-2,13H2. The predicted molar refractivity (Wildman–Crippen MR) is 46.8 cm³/mol. The van der Waals surface area contributed by atoms with Crippen LogP contribution in [0.2, 0.25) is 0 Å².